The van der Waals surface area contributed by atoms with Gasteiger partial charge in [0.2, 0.25) is 0 Å². The second-order valence-electron chi connectivity index (χ2n) is 8.43. The number of hydrogen-bond acceptors (Lipinski definition) is 1. The first-order chi connectivity index (χ1) is 15.1. The molecule has 0 spiro atoms. The Morgan fingerprint density at radius 3 is 1.53 bits per heavy atom. The fraction of sp³-hybridized carbons (Fsp3) is 0.250. The van der Waals surface area contributed by atoms with Crippen LogP contribution >= 0.6 is 8.07 Å². The zero-order valence-electron chi connectivity index (χ0n) is 16.5. The average molecular weight is 463 g/mol. The van der Waals surface area contributed by atoms with Crippen LogP contribution in [0.2, 0.25) is 0 Å². The second kappa shape index (κ2) is 6.50. The van der Waals surface area contributed by atoms with Gasteiger partial charge in [0.05, 0.1) is 11.1 Å². The molecule has 32 heavy (non-hydrogen) atoms. The van der Waals surface area contributed by atoms with Crippen LogP contribution in [0.3, 0.4) is 0 Å². The number of benzene rings is 3. The van der Waals surface area contributed by atoms with Crippen molar-refractivity contribution in [2.24, 2.45) is 0 Å². The zero-order chi connectivity index (χ0) is 22.4. The number of alkyl halides is 6. The lowest BCUT2D eigenvalue weighted by atomic mass is 9.88. The smallest absolute Gasteiger partial charge is 0.348 e. The van der Waals surface area contributed by atoms with Crippen LogP contribution in [0.4, 0.5) is 32.0 Å². The Balaban J connectivity index is 1.54. The van der Waals surface area contributed by atoms with Crippen LogP contribution in [0.1, 0.15) is 50.6 Å². The minimum atomic E-state index is -4.86. The first kappa shape index (κ1) is 20.1. The van der Waals surface area contributed by atoms with Crippen molar-refractivity contribution < 1.29 is 26.3 Å². The normalized spacial score (nSPS) is 25.6. The van der Waals surface area contributed by atoms with Gasteiger partial charge in [-0.1, -0.05) is 48.5 Å². The van der Waals surface area contributed by atoms with E-state index in [1.54, 1.807) is 0 Å². The highest BCUT2D eigenvalue weighted by Crippen LogP contribution is 2.89. The highest BCUT2D eigenvalue weighted by Gasteiger charge is 2.61. The van der Waals surface area contributed by atoms with Crippen LogP contribution in [0, 0.1) is 0 Å². The molecule has 0 N–H and O–H groups in total. The molecule has 4 atom stereocenters. The summed E-state index contributed by atoms with van der Waals surface area (Å²) in [4.78, 5) is 0. The SMILES string of the molecule is FC(F)(F)c1cc(N2CC3c4ccccc4[C@@H]4[C@H](c5ccccc53)P42)cc(C(F)(F)F)c1. The van der Waals surface area contributed by atoms with Crippen LogP contribution in [0.25, 0.3) is 0 Å². The summed E-state index contributed by atoms with van der Waals surface area (Å²) in [5.41, 5.74) is 2.31. The molecule has 0 radical (unpaired) electrons. The average Bonchev–Trinajstić information content (AvgIpc) is 3.51. The van der Waals surface area contributed by atoms with Crippen molar-refractivity contribution in [3.05, 3.63) is 100 Å². The molecule has 3 aromatic carbocycles. The molecule has 3 heterocycles. The Bertz CT molecular complexity index is 1150. The van der Waals surface area contributed by atoms with E-state index in [9.17, 15) is 26.3 Å². The molecule has 1 nitrogen and oxygen atoms in total. The van der Waals surface area contributed by atoms with Crippen molar-refractivity contribution in [2.75, 3.05) is 11.2 Å². The van der Waals surface area contributed by atoms with Crippen LogP contribution in [-0.4, -0.2) is 6.54 Å². The van der Waals surface area contributed by atoms with E-state index in [0.29, 0.717) is 6.54 Å². The molecule has 8 heteroatoms. The first-order valence-corrected chi connectivity index (χ1v) is 11.6. The van der Waals surface area contributed by atoms with Gasteiger partial charge in [-0.15, -0.1) is 0 Å². The molecule has 1 fully saturated rings. The van der Waals surface area contributed by atoms with Gasteiger partial charge >= 0.3 is 12.4 Å². The highest BCUT2D eigenvalue weighted by atomic mass is 31.1. The topological polar surface area (TPSA) is 3.24 Å². The van der Waals surface area contributed by atoms with E-state index >= 15 is 0 Å². The number of halogens is 6. The van der Waals surface area contributed by atoms with E-state index in [-0.39, 0.29) is 29.0 Å². The Morgan fingerprint density at radius 2 is 1.09 bits per heavy atom. The van der Waals surface area contributed by atoms with Crippen molar-refractivity contribution in [3.8, 4) is 0 Å². The van der Waals surface area contributed by atoms with Gasteiger partial charge in [-0.3, -0.25) is 0 Å². The Kier molecular flexibility index (Phi) is 4.09. The number of anilines is 1. The molecule has 0 amide bonds. The van der Waals surface area contributed by atoms with Crippen LogP contribution in [-0.2, 0) is 12.4 Å². The third kappa shape index (κ3) is 2.90. The first-order valence-electron chi connectivity index (χ1n) is 10.2. The lowest BCUT2D eigenvalue weighted by molar-refractivity contribution is -0.143. The Hall–Kier alpha value is -2.53. The molecule has 164 valence electrons. The summed E-state index contributed by atoms with van der Waals surface area (Å²) < 4.78 is 82.9. The van der Waals surface area contributed by atoms with Gasteiger partial charge in [0.25, 0.3) is 0 Å². The van der Waals surface area contributed by atoms with Gasteiger partial charge in [0.1, 0.15) is 0 Å². The standard InChI is InChI=1S/C24H16F6NP/c25-23(26,27)13-9-14(24(28,29)30)11-15(10-13)31-12-20-16-5-1-3-7-18(16)21-22(32(21)31)19-8-4-2-6-17(19)20/h1-11,20-22H,12H2/t20?,21-,22+,32?. The zero-order valence-corrected chi connectivity index (χ0v) is 17.3. The fourth-order valence-electron chi connectivity index (χ4n) is 5.30. The summed E-state index contributed by atoms with van der Waals surface area (Å²) in [5.74, 6) is -0.103. The largest absolute Gasteiger partial charge is 0.416 e. The van der Waals surface area contributed by atoms with E-state index in [0.717, 1.165) is 23.3 Å². The van der Waals surface area contributed by atoms with Gasteiger partial charge in [-0.2, -0.15) is 26.3 Å². The predicted octanol–water partition coefficient (Wildman–Crippen LogP) is 7.88. The molecule has 7 rings (SSSR count). The summed E-state index contributed by atoms with van der Waals surface area (Å²) in [6.07, 6.45) is -9.72. The molecular weight excluding hydrogens is 447 g/mol. The summed E-state index contributed by atoms with van der Waals surface area (Å²) >= 11 is 0. The second-order valence-corrected chi connectivity index (χ2v) is 10.8. The summed E-state index contributed by atoms with van der Waals surface area (Å²) in [6, 6.07) is 18.0. The number of rotatable bonds is 1. The Morgan fingerprint density at radius 1 is 0.656 bits per heavy atom. The molecule has 2 unspecified atom stereocenters. The molecule has 4 bridgehead atoms. The quantitative estimate of drug-likeness (QED) is 0.262. The minimum absolute atomic E-state index is 0.0105. The van der Waals surface area contributed by atoms with E-state index in [2.05, 4.69) is 12.1 Å². The van der Waals surface area contributed by atoms with Gasteiger partial charge in [0, 0.05) is 37.5 Å². The van der Waals surface area contributed by atoms with Gasteiger partial charge < -0.3 is 4.67 Å². The third-order valence-electron chi connectivity index (χ3n) is 6.66. The van der Waals surface area contributed by atoms with E-state index < -0.39 is 31.6 Å². The van der Waals surface area contributed by atoms with Crippen molar-refractivity contribution >= 4 is 13.8 Å². The van der Waals surface area contributed by atoms with E-state index in [1.165, 1.54) is 11.1 Å². The number of nitrogens with zero attached hydrogens (tertiary/aromatic N) is 1. The van der Waals surface area contributed by atoms with Crippen LogP contribution in [0.15, 0.2) is 66.7 Å². The van der Waals surface area contributed by atoms with E-state index in [4.69, 9.17) is 0 Å². The van der Waals surface area contributed by atoms with E-state index in [1.807, 2.05) is 41.1 Å². The fourth-order valence-corrected chi connectivity index (χ4v) is 8.61. The maximum Gasteiger partial charge on any atom is 0.416 e. The molecule has 1 saturated heterocycles. The predicted molar refractivity (Wildman–Crippen MR) is 111 cm³/mol. The maximum absolute atomic E-state index is 13.5. The van der Waals surface area contributed by atoms with Crippen molar-refractivity contribution in [2.45, 2.75) is 29.6 Å². The summed E-state index contributed by atoms with van der Waals surface area (Å²) in [5, 5.41) is 0. The highest BCUT2D eigenvalue weighted by molar-refractivity contribution is 7.67. The third-order valence-corrected chi connectivity index (χ3v) is 9.56. The number of hydrogen-bond donors (Lipinski definition) is 0. The molecule has 1 aliphatic carbocycles. The van der Waals surface area contributed by atoms with Gasteiger partial charge in [-0.25, -0.2) is 0 Å². The summed E-state index contributed by atoms with van der Waals surface area (Å²) in [6.45, 7) is 0.366. The molecular formula is C24H16F6NP. The lowest BCUT2D eigenvalue weighted by Crippen LogP contribution is -2.22. The van der Waals surface area contributed by atoms with Crippen LogP contribution in [0.5, 0.6) is 0 Å². The molecule has 3 aromatic rings. The molecule has 4 aliphatic rings. The number of fused-ring (bicyclic) bond motifs is 1. The maximum atomic E-state index is 13.5. The molecule has 0 saturated carbocycles. The van der Waals surface area contributed by atoms with Gasteiger partial charge in [-0.05, 0) is 40.5 Å². The van der Waals surface area contributed by atoms with Gasteiger partial charge in [0.15, 0.2) is 0 Å². The van der Waals surface area contributed by atoms with Crippen molar-refractivity contribution in [3.63, 3.8) is 0 Å². The van der Waals surface area contributed by atoms with Crippen LogP contribution < -0.4 is 4.67 Å². The molecule has 3 aliphatic heterocycles. The van der Waals surface area contributed by atoms with Crippen molar-refractivity contribution in [1.82, 2.24) is 0 Å². The summed E-state index contributed by atoms with van der Waals surface area (Å²) in [7, 11) is -0.984. The monoisotopic (exact) mass is 463 g/mol. The lowest BCUT2D eigenvalue weighted by Gasteiger charge is -2.28. The Labute approximate surface area is 181 Å². The minimum Gasteiger partial charge on any atom is -0.348 e. The molecule has 0 aromatic heterocycles. The van der Waals surface area contributed by atoms with Crippen molar-refractivity contribution in [1.29, 1.82) is 0 Å².